The molecule has 1 heterocycles. The molecule has 0 bridgehead atoms. The average molecular weight is 450 g/mol. The van der Waals surface area contributed by atoms with Crippen LogP contribution in [0.4, 0.5) is 0 Å². The van der Waals surface area contributed by atoms with Crippen molar-refractivity contribution in [3.8, 4) is 5.75 Å². The molecule has 0 spiro atoms. The molecule has 0 saturated heterocycles. The number of hydrogen-bond acceptors (Lipinski definition) is 5. The highest BCUT2D eigenvalue weighted by molar-refractivity contribution is 5.86. The maximum absolute atomic E-state index is 5.73. The van der Waals surface area contributed by atoms with E-state index < -0.39 is 0 Å². The molecule has 3 aromatic carbocycles. The number of benzene rings is 3. The minimum Gasteiger partial charge on any atom is -0.485 e. The zero-order valence-corrected chi connectivity index (χ0v) is 18.9. The lowest BCUT2D eigenvalue weighted by molar-refractivity contribution is 0.296. The minimum absolute atomic E-state index is 0. The number of fused-ring (bicyclic) bond motifs is 1. The van der Waals surface area contributed by atoms with Crippen LogP contribution in [0.25, 0.3) is 10.8 Å². The predicted octanol–water partition coefficient (Wildman–Crippen LogP) is 5.34. The Labute approximate surface area is 194 Å². The zero-order valence-electron chi connectivity index (χ0n) is 18.1. The van der Waals surface area contributed by atoms with Gasteiger partial charge in [-0.3, -0.25) is 0 Å². The Bertz CT molecular complexity index is 1130. The highest BCUT2D eigenvalue weighted by Crippen LogP contribution is 2.36. The number of hydrogen-bond donors (Lipinski definition) is 2. The molecule has 7 heteroatoms. The summed E-state index contributed by atoms with van der Waals surface area (Å²) in [6, 6.07) is 24.6. The first-order chi connectivity index (χ1) is 15.3. The SMILES string of the molecule is C[C@@H](NC1CCC(c2ccc(OCc3nn[nH]n3)cc2)C1)c1cccc2ccccc12.Cl. The number of nitrogens with one attached hydrogen (secondary N) is 2. The third-order valence-corrected chi connectivity index (χ3v) is 6.32. The van der Waals surface area contributed by atoms with Gasteiger partial charge in [-0.1, -0.05) is 59.8 Å². The third kappa shape index (κ3) is 4.92. The molecule has 1 aliphatic rings. The monoisotopic (exact) mass is 449 g/mol. The summed E-state index contributed by atoms with van der Waals surface area (Å²) in [5, 5.41) is 20.3. The lowest BCUT2D eigenvalue weighted by Gasteiger charge is -2.21. The quantitative estimate of drug-likeness (QED) is 0.398. The van der Waals surface area contributed by atoms with Crippen LogP contribution in [-0.4, -0.2) is 26.7 Å². The van der Waals surface area contributed by atoms with Gasteiger partial charge in [0.1, 0.15) is 5.75 Å². The number of nitrogens with zero attached hydrogens (tertiary/aromatic N) is 3. The molecule has 1 fully saturated rings. The largest absolute Gasteiger partial charge is 0.485 e. The Morgan fingerprint density at radius 2 is 1.84 bits per heavy atom. The molecule has 166 valence electrons. The van der Waals surface area contributed by atoms with Gasteiger partial charge in [0, 0.05) is 12.1 Å². The summed E-state index contributed by atoms with van der Waals surface area (Å²) in [5.74, 6) is 1.96. The number of tetrazole rings is 1. The van der Waals surface area contributed by atoms with E-state index in [2.05, 4.69) is 87.5 Å². The van der Waals surface area contributed by atoms with Crippen molar-refractivity contribution in [3.63, 3.8) is 0 Å². The second-order valence-electron chi connectivity index (χ2n) is 8.35. The molecular weight excluding hydrogens is 422 g/mol. The summed E-state index contributed by atoms with van der Waals surface area (Å²) in [5.41, 5.74) is 2.76. The third-order valence-electron chi connectivity index (χ3n) is 6.32. The normalized spacial score (nSPS) is 18.9. The molecule has 6 nitrogen and oxygen atoms in total. The fourth-order valence-electron chi connectivity index (χ4n) is 4.73. The van der Waals surface area contributed by atoms with Crippen molar-refractivity contribution in [2.45, 2.75) is 50.8 Å². The summed E-state index contributed by atoms with van der Waals surface area (Å²) < 4.78 is 5.73. The number of aromatic nitrogens is 4. The summed E-state index contributed by atoms with van der Waals surface area (Å²) in [4.78, 5) is 0. The number of rotatable bonds is 7. The van der Waals surface area contributed by atoms with Crippen LogP contribution >= 0.6 is 12.4 Å². The first-order valence-corrected chi connectivity index (χ1v) is 10.9. The van der Waals surface area contributed by atoms with Gasteiger partial charge in [-0.15, -0.1) is 22.6 Å². The van der Waals surface area contributed by atoms with E-state index in [-0.39, 0.29) is 12.4 Å². The maximum atomic E-state index is 5.73. The molecule has 1 aromatic heterocycles. The first-order valence-electron chi connectivity index (χ1n) is 10.9. The van der Waals surface area contributed by atoms with Crippen LogP contribution < -0.4 is 10.1 Å². The fourth-order valence-corrected chi connectivity index (χ4v) is 4.73. The smallest absolute Gasteiger partial charge is 0.211 e. The van der Waals surface area contributed by atoms with Crippen molar-refractivity contribution in [2.75, 3.05) is 0 Å². The van der Waals surface area contributed by atoms with E-state index in [0.717, 1.165) is 12.2 Å². The van der Waals surface area contributed by atoms with Crippen LogP contribution in [-0.2, 0) is 6.61 Å². The summed E-state index contributed by atoms with van der Waals surface area (Å²) >= 11 is 0. The number of aromatic amines is 1. The molecule has 0 radical (unpaired) electrons. The highest BCUT2D eigenvalue weighted by Gasteiger charge is 2.27. The average Bonchev–Trinajstić information content (AvgIpc) is 3.50. The van der Waals surface area contributed by atoms with E-state index in [1.807, 2.05) is 12.1 Å². The Hall–Kier alpha value is -2.96. The van der Waals surface area contributed by atoms with E-state index in [4.69, 9.17) is 4.74 Å². The van der Waals surface area contributed by atoms with Crippen molar-refractivity contribution in [1.82, 2.24) is 25.9 Å². The van der Waals surface area contributed by atoms with Crippen molar-refractivity contribution in [2.24, 2.45) is 0 Å². The summed E-state index contributed by atoms with van der Waals surface area (Å²) in [6.45, 7) is 2.60. The van der Waals surface area contributed by atoms with Crippen LogP contribution in [0.3, 0.4) is 0 Å². The topological polar surface area (TPSA) is 75.7 Å². The van der Waals surface area contributed by atoms with Crippen LogP contribution in [0.5, 0.6) is 5.75 Å². The van der Waals surface area contributed by atoms with Gasteiger partial charge in [-0.2, -0.15) is 5.21 Å². The zero-order chi connectivity index (χ0) is 21.0. The van der Waals surface area contributed by atoms with Crippen LogP contribution in [0.15, 0.2) is 66.7 Å². The standard InChI is InChI=1S/C25H27N5O.ClH/c1-17(23-8-4-6-19-5-2-3-7-24(19)23)26-21-12-9-20(15-21)18-10-13-22(14-11-18)31-16-25-27-29-30-28-25;/h2-8,10-11,13-14,17,20-21,26H,9,12,15-16H2,1H3,(H,27,28,29,30);1H/t17-,20?,21?;/m1./s1. The Morgan fingerprint density at radius 1 is 1.03 bits per heavy atom. The molecule has 0 amide bonds. The van der Waals surface area contributed by atoms with Gasteiger partial charge in [0.15, 0.2) is 6.61 Å². The summed E-state index contributed by atoms with van der Waals surface area (Å²) in [7, 11) is 0. The van der Waals surface area contributed by atoms with Crippen molar-refractivity contribution in [1.29, 1.82) is 0 Å². The minimum atomic E-state index is 0. The lowest BCUT2D eigenvalue weighted by Crippen LogP contribution is -2.29. The maximum Gasteiger partial charge on any atom is 0.211 e. The Balaban J connectivity index is 0.00000245. The van der Waals surface area contributed by atoms with Gasteiger partial charge in [0.25, 0.3) is 0 Å². The molecule has 2 unspecified atom stereocenters. The van der Waals surface area contributed by atoms with Gasteiger partial charge in [-0.05, 0) is 66.1 Å². The van der Waals surface area contributed by atoms with Crippen molar-refractivity contribution >= 4 is 23.2 Å². The summed E-state index contributed by atoms with van der Waals surface area (Å²) in [6.07, 6.45) is 3.58. The van der Waals surface area contributed by atoms with E-state index in [0.29, 0.717) is 30.4 Å². The predicted molar refractivity (Wildman–Crippen MR) is 128 cm³/mol. The fraction of sp³-hybridized carbons (Fsp3) is 0.320. The molecular formula is C25H28ClN5O. The van der Waals surface area contributed by atoms with Crippen molar-refractivity contribution in [3.05, 3.63) is 83.7 Å². The van der Waals surface area contributed by atoms with Crippen molar-refractivity contribution < 1.29 is 4.74 Å². The van der Waals surface area contributed by atoms with E-state index in [1.165, 1.54) is 34.7 Å². The first kappa shape index (κ1) is 22.2. The molecule has 3 atom stereocenters. The molecule has 0 aliphatic heterocycles. The molecule has 1 aliphatic carbocycles. The molecule has 4 aromatic rings. The number of H-pyrrole nitrogens is 1. The molecule has 5 rings (SSSR count). The van der Waals surface area contributed by atoms with Crippen LogP contribution in [0, 0.1) is 0 Å². The van der Waals surface area contributed by atoms with Gasteiger partial charge in [0.05, 0.1) is 0 Å². The van der Waals surface area contributed by atoms with Gasteiger partial charge < -0.3 is 10.1 Å². The molecule has 2 N–H and O–H groups in total. The number of ether oxygens (including phenoxy) is 1. The molecule has 32 heavy (non-hydrogen) atoms. The van der Waals surface area contributed by atoms with E-state index in [1.54, 1.807) is 0 Å². The van der Waals surface area contributed by atoms with Gasteiger partial charge in [0.2, 0.25) is 5.82 Å². The van der Waals surface area contributed by atoms with Crippen LogP contribution in [0.1, 0.15) is 55.1 Å². The van der Waals surface area contributed by atoms with Crippen LogP contribution in [0.2, 0.25) is 0 Å². The highest BCUT2D eigenvalue weighted by atomic mass is 35.5. The second-order valence-corrected chi connectivity index (χ2v) is 8.35. The van der Waals surface area contributed by atoms with Gasteiger partial charge in [-0.25, -0.2) is 0 Å². The molecule has 1 saturated carbocycles. The van der Waals surface area contributed by atoms with E-state index in [9.17, 15) is 0 Å². The number of halogens is 1. The second kappa shape index (κ2) is 10.1. The van der Waals surface area contributed by atoms with E-state index >= 15 is 0 Å². The Kier molecular flexibility index (Phi) is 7.02. The lowest BCUT2D eigenvalue weighted by atomic mass is 9.96. The van der Waals surface area contributed by atoms with Gasteiger partial charge >= 0.3 is 0 Å². The Morgan fingerprint density at radius 3 is 2.66 bits per heavy atom.